The predicted octanol–water partition coefficient (Wildman–Crippen LogP) is 2.39. The maximum atomic E-state index is 5.67. The smallest absolute Gasteiger partial charge is 0.132 e. The lowest BCUT2D eigenvalue weighted by Gasteiger charge is -1.92. The van der Waals surface area contributed by atoms with Crippen LogP contribution < -0.4 is 0 Å². The van der Waals surface area contributed by atoms with E-state index in [0.717, 1.165) is 5.69 Å². The van der Waals surface area contributed by atoms with Gasteiger partial charge >= 0.3 is 0 Å². The first-order chi connectivity index (χ1) is 5.86. The molecule has 0 unspecified atom stereocenters. The summed E-state index contributed by atoms with van der Waals surface area (Å²) in [6, 6.07) is 5.30. The standard InChI is InChI=1S/C8H5ClN2O/c9-6-1-2-7(10-5-6)8-3-4-12-11-8/h1-5H. The third-order valence-corrected chi connectivity index (χ3v) is 1.65. The highest BCUT2D eigenvalue weighted by molar-refractivity contribution is 6.30. The van der Waals surface area contributed by atoms with E-state index in [0.29, 0.717) is 10.7 Å². The highest BCUT2D eigenvalue weighted by Gasteiger charge is 2.00. The van der Waals surface area contributed by atoms with Crippen LogP contribution in [0.3, 0.4) is 0 Å². The van der Waals surface area contributed by atoms with Crippen LogP contribution in [0.2, 0.25) is 5.02 Å². The van der Waals surface area contributed by atoms with Crippen molar-refractivity contribution < 1.29 is 4.52 Å². The van der Waals surface area contributed by atoms with E-state index in [-0.39, 0.29) is 0 Å². The molecule has 0 amide bonds. The molecule has 12 heavy (non-hydrogen) atoms. The van der Waals surface area contributed by atoms with Crippen molar-refractivity contribution in [2.24, 2.45) is 0 Å². The lowest BCUT2D eigenvalue weighted by molar-refractivity contribution is 0.422. The molecule has 60 valence electrons. The summed E-state index contributed by atoms with van der Waals surface area (Å²) in [5.74, 6) is 0. The number of nitrogens with zero attached hydrogens (tertiary/aromatic N) is 2. The number of aromatic nitrogens is 2. The molecule has 0 aromatic carbocycles. The van der Waals surface area contributed by atoms with Gasteiger partial charge in [-0.15, -0.1) is 0 Å². The van der Waals surface area contributed by atoms with E-state index in [2.05, 4.69) is 14.7 Å². The van der Waals surface area contributed by atoms with Crippen LogP contribution in [0.25, 0.3) is 11.4 Å². The zero-order valence-electron chi connectivity index (χ0n) is 6.07. The summed E-state index contributed by atoms with van der Waals surface area (Å²) in [6.45, 7) is 0. The van der Waals surface area contributed by atoms with Gasteiger partial charge in [-0.2, -0.15) is 0 Å². The minimum Gasteiger partial charge on any atom is -0.364 e. The van der Waals surface area contributed by atoms with E-state index in [1.165, 1.54) is 6.26 Å². The van der Waals surface area contributed by atoms with Gasteiger partial charge in [0.25, 0.3) is 0 Å². The van der Waals surface area contributed by atoms with Crippen LogP contribution in [0.5, 0.6) is 0 Å². The highest BCUT2D eigenvalue weighted by atomic mass is 35.5. The molecule has 3 nitrogen and oxygen atoms in total. The van der Waals surface area contributed by atoms with E-state index in [4.69, 9.17) is 11.6 Å². The van der Waals surface area contributed by atoms with Gasteiger partial charge in [0, 0.05) is 12.3 Å². The molecular formula is C8H5ClN2O. The van der Waals surface area contributed by atoms with Gasteiger partial charge in [-0.1, -0.05) is 16.8 Å². The number of hydrogen-bond acceptors (Lipinski definition) is 3. The summed E-state index contributed by atoms with van der Waals surface area (Å²) in [5, 5.41) is 4.35. The van der Waals surface area contributed by atoms with Crippen LogP contribution in [0.4, 0.5) is 0 Å². The van der Waals surface area contributed by atoms with Crippen LogP contribution in [-0.2, 0) is 0 Å². The molecule has 4 heteroatoms. The Kier molecular flexibility index (Phi) is 1.80. The minimum absolute atomic E-state index is 0.613. The van der Waals surface area contributed by atoms with Crippen molar-refractivity contribution in [1.82, 2.24) is 10.1 Å². The maximum Gasteiger partial charge on any atom is 0.132 e. The predicted molar refractivity (Wildman–Crippen MR) is 44.7 cm³/mol. The largest absolute Gasteiger partial charge is 0.364 e. The summed E-state index contributed by atoms with van der Waals surface area (Å²) in [5.41, 5.74) is 1.47. The molecule has 0 aliphatic heterocycles. The monoisotopic (exact) mass is 180 g/mol. The van der Waals surface area contributed by atoms with Crippen molar-refractivity contribution in [3.8, 4) is 11.4 Å². The van der Waals surface area contributed by atoms with Crippen molar-refractivity contribution in [3.63, 3.8) is 0 Å². The van der Waals surface area contributed by atoms with Gasteiger partial charge in [-0.3, -0.25) is 4.98 Å². The second kappa shape index (κ2) is 2.95. The molecule has 2 aromatic heterocycles. The van der Waals surface area contributed by atoms with Gasteiger partial charge in [0.2, 0.25) is 0 Å². The van der Waals surface area contributed by atoms with E-state index >= 15 is 0 Å². The van der Waals surface area contributed by atoms with Gasteiger partial charge in [0.05, 0.1) is 10.7 Å². The van der Waals surface area contributed by atoms with Crippen molar-refractivity contribution >= 4 is 11.6 Å². The third kappa shape index (κ3) is 1.31. The first-order valence-electron chi connectivity index (χ1n) is 3.38. The second-order valence-corrected chi connectivity index (χ2v) is 2.68. The minimum atomic E-state index is 0.613. The average molecular weight is 181 g/mol. The SMILES string of the molecule is Clc1ccc(-c2ccon2)nc1. The Morgan fingerprint density at radius 2 is 2.08 bits per heavy atom. The second-order valence-electron chi connectivity index (χ2n) is 2.25. The first kappa shape index (κ1) is 7.31. The van der Waals surface area contributed by atoms with Crippen LogP contribution in [0, 0.1) is 0 Å². The molecule has 0 atom stereocenters. The Labute approximate surface area is 74.0 Å². The molecule has 0 radical (unpaired) electrons. The van der Waals surface area contributed by atoms with Crippen LogP contribution in [-0.4, -0.2) is 10.1 Å². The summed E-state index contributed by atoms with van der Waals surface area (Å²) in [7, 11) is 0. The van der Waals surface area contributed by atoms with Crippen molar-refractivity contribution in [1.29, 1.82) is 0 Å². The summed E-state index contributed by atoms with van der Waals surface area (Å²) in [6.07, 6.45) is 3.08. The molecule has 0 N–H and O–H groups in total. The van der Waals surface area contributed by atoms with Gasteiger partial charge in [-0.25, -0.2) is 0 Å². The van der Waals surface area contributed by atoms with Gasteiger partial charge < -0.3 is 4.52 Å². The van der Waals surface area contributed by atoms with Gasteiger partial charge in [0.1, 0.15) is 12.0 Å². The molecule has 0 fully saturated rings. The molecule has 0 spiro atoms. The first-order valence-corrected chi connectivity index (χ1v) is 3.76. The lowest BCUT2D eigenvalue weighted by atomic mass is 10.3. The molecule has 2 heterocycles. The number of hydrogen-bond donors (Lipinski definition) is 0. The Morgan fingerprint density at radius 1 is 1.17 bits per heavy atom. The summed E-state index contributed by atoms with van der Waals surface area (Å²) in [4.78, 5) is 4.07. The number of halogens is 1. The average Bonchev–Trinajstić information content (AvgIpc) is 2.58. The fourth-order valence-electron chi connectivity index (χ4n) is 0.872. The number of rotatable bonds is 1. The normalized spacial score (nSPS) is 10.1. The Morgan fingerprint density at radius 3 is 2.67 bits per heavy atom. The topological polar surface area (TPSA) is 38.9 Å². The van der Waals surface area contributed by atoms with Crippen molar-refractivity contribution in [2.45, 2.75) is 0 Å². The molecule has 0 aliphatic carbocycles. The molecule has 0 saturated carbocycles. The Bertz CT molecular complexity index is 355. The van der Waals surface area contributed by atoms with Crippen molar-refractivity contribution in [3.05, 3.63) is 35.7 Å². The van der Waals surface area contributed by atoms with Crippen LogP contribution in [0.1, 0.15) is 0 Å². The fourth-order valence-corrected chi connectivity index (χ4v) is 0.984. The number of pyridine rings is 1. The molecule has 0 aliphatic rings. The molecular weight excluding hydrogens is 176 g/mol. The molecule has 0 bridgehead atoms. The van der Waals surface area contributed by atoms with E-state index in [1.807, 2.05) is 0 Å². The van der Waals surface area contributed by atoms with E-state index < -0.39 is 0 Å². The van der Waals surface area contributed by atoms with Gasteiger partial charge in [-0.05, 0) is 12.1 Å². The third-order valence-electron chi connectivity index (χ3n) is 1.43. The summed E-state index contributed by atoms with van der Waals surface area (Å²) < 4.78 is 4.68. The zero-order valence-corrected chi connectivity index (χ0v) is 6.82. The molecule has 2 aromatic rings. The zero-order chi connectivity index (χ0) is 8.39. The van der Waals surface area contributed by atoms with Crippen LogP contribution >= 0.6 is 11.6 Å². The Balaban J connectivity index is 2.43. The van der Waals surface area contributed by atoms with E-state index in [1.54, 1.807) is 24.4 Å². The van der Waals surface area contributed by atoms with Gasteiger partial charge in [0.15, 0.2) is 0 Å². The fraction of sp³-hybridized carbons (Fsp3) is 0. The lowest BCUT2D eigenvalue weighted by Crippen LogP contribution is -1.81. The quantitative estimate of drug-likeness (QED) is 0.677. The van der Waals surface area contributed by atoms with Crippen LogP contribution in [0.15, 0.2) is 35.2 Å². The Hall–Kier alpha value is -1.35. The molecule has 0 saturated heterocycles. The van der Waals surface area contributed by atoms with Crippen molar-refractivity contribution in [2.75, 3.05) is 0 Å². The van der Waals surface area contributed by atoms with E-state index in [9.17, 15) is 0 Å². The maximum absolute atomic E-state index is 5.67. The summed E-state index contributed by atoms with van der Waals surface area (Å²) >= 11 is 5.67. The molecule has 2 rings (SSSR count). The highest BCUT2D eigenvalue weighted by Crippen LogP contribution is 2.15.